The van der Waals surface area contributed by atoms with Crippen molar-refractivity contribution in [1.82, 2.24) is 20.2 Å². The third-order valence-corrected chi connectivity index (χ3v) is 4.79. The molecule has 6 nitrogen and oxygen atoms in total. The molecule has 6 heteroatoms. The topological polar surface area (TPSA) is 72.9 Å². The highest BCUT2D eigenvalue weighted by Gasteiger charge is 2.28. The van der Waals surface area contributed by atoms with E-state index in [-0.39, 0.29) is 0 Å². The summed E-state index contributed by atoms with van der Waals surface area (Å²) in [6.45, 7) is 3.07. The Bertz CT molecular complexity index is 829. The van der Waals surface area contributed by atoms with Crippen LogP contribution in [0.2, 0.25) is 0 Å². The van der Waals surface area contributed by atoms with E-state index in [1.807, 2.05) is 22.9 Å². The minimum atomic E-state index is 0.486. The Balaban J connectivity index is 1.55. The Kier molecular flexibility index (Phi) is 4.43. The highest BCUT2D eigenvalue weighted by atomic mass is 15.5. The first-order valence-corrected chi connectivity index (χ1v) is 8.68. The summed E-state index contributed by atoms with van der Waals surface area (Å²) in [5, 5.41) is 12.3. The van der Waals surface area contributed by atoms with Gasteiger partial charge in [-0.25, -0.2) is 4.68 Å². The molecule has 0 saturated carbocycles. The van der Waals surface area contributed by atoms with E-state index in [1.165, 1.54) is 16.8 Å². The molecule has 0 amide bonds. The fraction of sp³-hybridized carbons (Fsp3) is 0.316. The van der Waals surface area contributed by atoms with Crippen LogP contribution >= 0.6 is 0 Å². The third-order valence-electron chi connectivity index (χ3n) is 4.79. The third kappa shape index (κ3) is 3.25. The molecule has 0 aliphatic carbocycles. The largest absolute Gasteiger partial charge is 0.363 e. The van der Waals surface area contributed by atoms with Crippen LogP contribution in [0, 0.1) is 0 Å². The van der Waals surface area contributed by atoms with Crippen molar-refractivity contribution in [2.75, 3.05) is 18.0 Å². The molecule has 2 N–H and O–H groups in total. The Morgan fingerprint density at radius 2 is 1.80 bits per heavy atom. The SMILES string of the molecule is NCCC1CN(Cc2nnnn2Cc2ccccc2)c2ccccc21. The smallest absolute Gasteiger partial charge is 0.170 e. The van der Waals surface area contributed by atoms with Crippen LogP contribution in [0.15, 0.2) is 54.6 Å². The molecule has 2 heterocycles. The summed E-state index contributed by atoms with van der Waals surface area (Å²) in [5.74, 6) is 1.37. The number of nitrogens with zero attached hydrogens (tertiary/aromatic N) is 5. The fourth-order valence-electron chi connectivity index (χ4n) is 3.57. The van der Waals surface area contributed by atoms with E-state index < -0.39 is 0 Å². The molecule has 25 heavy (non-hydrogen) atoms. The van der Waals surface area contributed by atoms with E-state index in [1.54, 1.807) is 0 Å². The van der Waals surface area contributed by atoms with Gasteiger partial charge in [0, 0.05) is 18.2 Å². The van der Waals surface area contributed by atoms with Gasteiger partial charge in [-0.1, -0.05) is 48.5 Å². The van der Waals surface area contributed by atoms with Crippen LogP contribution in [0.3, 0.4) is 0 Å². The predicted molar refractivity (Wildman–Crippen MR) is 97.3 cm³/mol. The molecule has 4 rings (SSSR count). The van der Waals surface area contributed by atoms with Crippen molar-refractivity contribution in [3.63, 3.8) is 0 Å². The lowest BCUT2D eigenvalue weighted by molar-refractivity contribution is 0.594. The summed E-state index contributed by atoms with van der Waals surface area (Å²) < 4.78 is 1.88. The van der Waals surface area contributed by atoms with Gasteiger partial charge >= 0.3 is 0 Å². The molecular formula is C19H22N6. The van der Waals surface area contributed by atoms with E-state index in [0.29, 0.717) is 25.6 Å². The van der Waals surface area contributed by atoms with Crippen molar-refractivity contribution < 1.29 is 0 Å². The molecule has 1 aromatic heterocycles. The number of nitrogens with two attached hydrogens (primary N) is 1. The highest BCUT2D eigenvalue weighted by Crippen LogP contribution is 2.38. The van der Waals surface area contributed by atoms with Crippen LogP contribution in [-0.4, -0.2) is 33.3 Å². The molecule has 0 bridgehead atoms. The van der Waals surface area contributed by atoms with Crippen LogP contribution in [0.5, 0.6) is 0 Å². The minimum absolute atomic E-state index is 0.486. The van der Waals surface area contributed by atoms with E-state index in [2.05, 4.69) is 56.8 Å². The van der Waals surface area contributed by atoms with Gasteiger partial charge in [0.25, 0.3) is 0 Å². The lowest BCUT2D eigenvalue weighted by Crippen LogP contribution is -2.24. The Labute approximate surface area is 147 Å². The summed E-state index contributed by atoms with van der Waals surface area (Å²) in [7, 11) is 0. The van der Waals surface area contributed by atoms with Gasteiger partial charge in [0.05, 0.1) is 13.1 Å². The standard InChI is InChI=1S/C19H22N6/c20-11-10-16-13-24(18-9-5-4-8-17(16)18)14-19-21-22-23-25(19)12-15-6-2-1-3-7-15/h1-9,16H,10-14,20H2. The van der Waals surface area contributed by atoms with Gasteiger partial charge in [-0.05, 0) is 40.6 Å². The van der Waals surface area contributed by atoms with Crippen molar-refractivity contribution >= 4 is 5.69 Å². The zero-order valence-corrected chi connectivity index (χ0v) is 14.1. The van der Waals surface area contributed by atoms with Gasteiger partial charge in [-0.3, -0.25) is 0 Å². The second-order valence-corrected chi connectivity index (χ2v) is 6.45. The number of fused-ring (bicyclic) bond motifs is 1. The zero-order valence-electron chi connectivity index (χ0n) is 14.1. The molecule has 128 valence electrons. The lowest BCUT2D eigenvalue weighted by atomic mass is 9.98. The summed E-state index contributed by atoms with van der Waals surface area (Å²) >= 11 is 0. The van der Waals surface area contributed by atoms with Crippen LogP contribution in [-0.2, 0) is 13.1 Å². The van der Waals surface area contributed by atoms with Crippen molar-refractivity contribution in [3.8, 4) is 0 Å². The zero-order chi connectivity index (χ0) is 17.1. The highest BCUT2D eigenvalue weighted by molar-refractivity contribution is 5.60. The number of hydrogen-bond donors (Lipinski definition) is 1. The Morgan fingerprint density at radius 1 is 1.00 bits per heavy atom. The molecule has 3 aromatic rings. The van der Waals surface area contributed by atoms with Gasteiger partial charge < -0.3 is 10.6 Å². The van der Waals surface area contributed by atoms with Crippen LogP contribution in [0.1, 0.15) is 29.3 Å². The number of benzene rings is 2. The molecule has 0 fully saturated rings. The van der Waals surface area contributed by atoms with Crippen LogP contribution in [0.25, 0.3) is 0 Å². The van der Waals surface area contributed by atoms with Crippen molar-refractivity contribution in [2.45, 2.75) is 25.4 Å². The minimum Gasteiger partial charge on any atom is -0.363 e. The van der Waals surface area contributed by atoms with E-state index >= 15 is 0 Å². The van der Waals surface area contributed by atoms with Gasteiger partial charge in [-0.2, -0.15) is 0 Å². The van der Waals surface area contributed by atoms with Gasteiger partial charge in [0.1, 0.15) is 0 Å². The van der Waals surface area contributed by atoms with E-state index in [4.69, 9.17) is 5.73 Å². The first-order chi connectivity index (χ1) is 12.3. The molecular weight excluding hydrogens is 312 g/mol. The van der Waals surface area contributed by atoms with Gasteiger partial charge in [0.15, 0.2) is 5.82 Å². The van der Waals surface area contributed by atoms with Crippen LogP contribution in [0.4, 0.5) is 5.69 Å². The van der Waals surface area contributed by atoms with E-state index in [9.17, 15) is 0 Å². The maximum absolute atomic E-state index is 5.80. The average Bonchev–Trinajstić information content (AvgIpc) is 3.22. The number of anilines is 1. The number of aromatic nitrogens is 4. The van der Waals surface area contributed by atoms with Crippen molar-refractivity contribution in [3.05, 3.63) is 71.5 Å². The Hall–Kier alpha value is -2.73. The summed E-state index contributed by atoms with van der Waals surface area (Å²) in [6, 6.07) is 18.8. The quantitative estimate of drug-likeness (QED) is 0.748. The van der Waals surface area contributed by atoms with Crippen molar-refractivity contribution in [2.24, 2.45) is 5.73 Å². The molecule has 1 atom stereocenters. The number of rotatable bonds is 6. The van der Waals surface area contributed by atoms with Crippen molar-refractivity contribution in [1.29, 1.82) is 0 Å². The predicted octanol–water partition coefficient (Wildman–Crippen LogP) is 2.17. The molecule has 0 saturated heterocycles. The number of hydrogen-bond acceptors (Lipinski definition) is 5. The molecule has 0 spiro atoms. The number of tetrazole rings is 1. The molecule has 2 aromatic carbocycles. The van der Waals surface area contributed by atoms with Gasteiger partial charge in [-0.15, -0.1) is 5.10 Å². The van der Waals surface area contributed by atoms with Gasteiger partial charge in [0.2, 0.25) is 0 Å². The molecule has 1 unspecified atom stereocenters. The lowest BCUT2D eigenvalue weighted by Gasteiger charge is -2.19. The van der Waals surface area contributed by atoms with Crippen LogP contribution < -0.4 is 10.6 Å². The monoisotopic (exact) mass is 334 g/mol. The summed E-state index contributed by atoms with van der Waals surface area (Å²) in [4.78, 5) is 2.36. The molecule has 1 aliphatic rings. The Morgan fingerprint density at radius 3 is 2.64 bits per heavy atom. The number of para-hydroxylation sites is 1. The first-order valence-electron chi connectivity index (χ1n) is 8.68. The summed E-state index contributed by atoms with van der Waals surface area (Å²) in [5.41, 5.74) is 9.65. The molecule has 0 radical (unpaired) electrons. The maximum Gasteiger partial charge on any atom is 0.170 e. The second kappa shape index (κ2) is 7.03. The summed E-state index contributed by atoms with van der Waals surface area (Å²) in [6.07, 6.45) is 1.00. The second-order valence-electron chi connectivity index (χ2n) is 6.45. The molecule has 1 aliphatic heterocycles. The van der Waals surface area contributed by atoms with E-state index in [0.717, 1.165) is 18.8 Å². The normalized spacial score (nSPS) is 16.2. The average molecular weight is 334 g/mol. The fourth-order valence-corrected chi connectivity index (χ4v) is 3.57. The maximum atomic E-state index is 5.80. The first kappa shape index (κ1) is 15.8.